The number of nitrogens with two attached hydrogens (primary N) is 1. The molecule has 4 heteroatoms. The molecule has 0 atom stereocenters. The normalized spacial score (nSPS) is 10.8. The Morgan fingerprint density at radius 2 is 1.76 bits per heavy atom. The molecule has 0 fully saturated rings. The number of aromatic nitrogens is 1. The second kappa shape index (κ2) is 5.05. The fourth-order valence-electron chi connectivity index (χ4n) is 2.45. The first kappa shape index (κ1) is 13.4. The molecule has 0 radical (unpaired) electrons. The largest absolute Gasteiger partial charge is 0.380 e. The van der Waals surface area contributed by atoms with Crippen LogP contribution in [0, 0.1) is 19.7 Å². The Kier molecular flexibility index (Phi) is 3.22. The molecule has 3 aromatic rings. The molecule has 3 rings (SSSR count). The lowest BCUT2D eigenvalue weighted by molar-refractivity contribution is 0.436. The molecule has 0 saturated heterocycles. The summed E-state index contributed by atoms with van der Waals surface area (Å²) >= 11 is 0. The fourth-order valence-corrected chi connectivity index (χ4v) is 2.45. The molecule has 0 unspecified atom stereocenters. The van der Waals surface area contributed by atoms with Crippen LogP contribution in [0.1, 0.15) is 11.1 Å². The van der Waals surface area contributed by atoms with E-state index in [1.165, 1.54) is 17.7 Å². The van der Waals surface area contributed by atoms with Gasteiger partial charge in [0.1, 0.15) is 5.82 Å². The standard InChI is InChI=1S/C17H15FN2O/c1-10-3-8-14(11(2)9-10)16-15(17(19)20-21-16)12-4-6-13(18)7-5-12/h3-9H,1-2H3,(H2,19,20). The maximum atomic E-state index is 13.1. The van der Waals surface area contributed by atoms with E-state index in [2.05, 4.69) is 11.2 Å². The molecule has 0 spiro atoms. The van der Waals surface area contributed by atoms with Gasteiger partial charge >= 0.3 is 0 Å². The monoisotopic (exact) mass is 282 g/mol. The molecule has 1 aromatic heterocycles. The van der Waals surface area contributed by atoms with E-state index in [4.69, 9.17) is 10.3 Å². The molecule has 2 N–H and O–H groups in total. The van der Waals surface area contributed by atoms with Gasteiger partial charge in [-0.05, 0) is 37.1 Å². The van der Waals surface area contributed by atoms with Gasteiger partial charge in [-0.25, -0.2) is 4.39 Å². The smallest absolute Gasteiger partial charge is 0.177 e. The van der Waals surface area contributed by atoms with E-state index < -0.39 is 0 Å². The third kappa shape index (κ3) is 2.40. The van der Waals surface area contributed by atoms with Crippen LogP contribution in [0.5, 0.6) is 0 Å². The molecule has 3 nitrogen and oxygen atoms in total. The molecular weight excluding hydrogens is 267 g/mol. The summed E-state index contributed by atoms with van der Waals surface area (Å²) in [6.07, 6.45) is 0. The van der Waals surface area contributed by atoms with Gasteiger partial charge in [-0.2, -0.15) is 0 Å². The average molecular weight is 282 g/mol. The Hall–Kier alpha value is -2.62. The maximum Gasteiger partial charge on any atom is 0.177 e. The van der Waals surface area contributed by atoms with Crippen LogP contribution in [0.4, 0.5) is 10.2 Å². The number of anilines is 1. The fraction of sp³-hybridized carbons (Fsp3) is 0.118. The third-order valence-electron chi connectivity index (χ3n) is 3.48. The molecule has 0 amide bonds. The topological polar surface area (TPSA) is 52.0 Å². The average Bonchev–Trinajstić information content (AvgIpc) is 2.82. The first-order chi connectivity index (χ1) is 10.1. The number of aryl methyl sites for hydroxylation is 2. The summed E-state index contributed by atoms with van der Waals surface area (Å²) in [6.45, 7) is 4.04. The summed E-state index contributed by atoms with van der Waals surface area (Å²) in [5.41, 5.74) is 10.6. The van der Waals surface area contributed by atoms with E-state index in [1.54, 1.807) is 12.1 Å². The van der Waals surface area contributed by atoms with Crippen molar-refractivity contribution in [2.24, 2.45) is 0 Å². The number of benzene rings is 2. The lowest BCUT2D eigenvalue weighted by atomic mass is 9.97. The van der Waals surface area contributed by atoms with Crippen LogP contribution >= 0.6 is 0 Å². The van der Waals surface area contributed by atoms with Crippen LogP contribution in [0.3, 0.4) is 0 Å². The zero-order chi connectivity index (χ0) is 15.0. The van der Waals surface area contributed by atoms with E-state index in [9.17, 15) is 4.39 Å². The predicted octanol–water partition coefficient (Wildman–Crippen LogP) is 4.35. The van der Waals surface area contributed by atoms with E-state index in [1.807, 2.05) is 26.0 Å². The first-order valence-corrected chi connectivity index (χ1v) is 6.65. The Morgan fingerprint density at radius 1 is 1.05 bits per heavy atom. The summed E-state index contributed by atoms with van der Waals surface area (Å²) in [5, 5.41) is 3.86. The number of hydrogen-bond acceptors (Lipinski definition) is 3. The van der Waals surface area contributed by atoms with Crippen molar-refractivity contribution in [3.8, 4) is 22.5 Å². The SMILES string of the molecule is Cc1ccc(-c2onc(N)c2-c2ccc(F)cc2)c(C)c1. The van der Waals surface area contributed by atoms with Gasteiger partial charge in [-0.3, -0.25) is 0 Å². The van der Waals surface area contributed by atoms with Crippen molar-refractivity contribution in [2.75, 3.05) is 5.73 Å². The van der Waals surface area contributed by atoms with Crippen LogP contribution in [0.15, 0.2) is 47.0 Å². The van der Waals surface area contributed by atoms with Crippen molar-refractivity contribution in [2.45, 2.75) is 13.8 Å². The lowest BCUT2D eigenvalue weighted by Gasteiger charge is -2.06. The lowest BCUT2D eigenvalue weighted by Crippen LogP contribution is -1.90. The van der Waals surface area contributed by atoms with E-state index in [-0.39, 0.29) is 5.82 Å². The van der Waals surface area contributed by atoms with Gasteiger partial charge in [-0.15, -0.1) is 0 Å². The quantitative estimate of drug-likeness (QED) is 0.760. The molecule has 0 aliphatic rings. The van der Waals surface area contributed by atoms with Gasteiger partial charge < -0.3 is 10.3 Å². The summed E-state index contributed by atoms with van der Waals surface area (Å²) in [7, 11) is 0. The highest BCUT2D eigenvalue weighted by Crippen LogP contribution is 2.38. The van der Waals surface area contributed by atoms with E-state index in [0.29, 0.717) is 17.1 Å². The highest BCUT2D eigenvalue weighted by Gasteiger charge is 2.19. The highest BCUT2D eigenvalue weighted by atomic mass is 19.1. The highest BCUT2D eigenvalue weighted by molar-refractivity contribution is 5.87. The zero-order valence-corrected chi connectivity index (χ0v) is 11.9. The van der Waals surface area contributed by atoms with Crippen molar-refractivity contribution >= 4 is 5.82 Å². The molecule has 106 valence electrons. The second-order valence-corrected chi connectivity index (χ2v) is 5.10. The molecular formula is C17H15FN2O. The molecule has 1 heterocycles. The minimum atomic E-state index is -0.290. The van der Waals surface area contributed by atoms with Crippen molar-refractivity contribution in [1.29, 1.82) is 0 Å². The van der Waals surface area contributed by atoms with Crippen LogP contribution < -0.4 is 5.73 Å². The second-order valence-electron chi connectivity index (χ2n) is 5.10. The summed E-state index contributed by atoms with van der Waals surface area (Å²) < 4.78 is 18.5. The number of rotatable bonds is 2. The molecule has 0 aliphatic heterocycles. The van der Waals surface area contributed by atoms with Gasteiger partial charge in [0, 0.05) is 5.56 Å². The summed E-state index contributed by atoms with van der Waals surface area (Å²) in [6, 6.07) is 12.2. The van der Waals surface area contributed by atoms with E-state index >= 15 is 0 Å². The Morgan fingerprint density at radius 3 is 2.43 bits per heavy atom. The molecule has 0 saturated carbocycles. The molecule has 21 heavy (non-hydrogen) atoms. The molecule has 2 aromatic carbocycles. The van der Waals surface area contributed by atoms with Crippen molar-refractivity contribution in [1.82, 2.24) is 5.16 Å². The van der Waals surface area contributed by atoms with Gasteiger partial charge in [-0.1, -0.05) is 41.1 Å². The first-order valence-electron chi connectivity index (χ1n) is 6.65. The number of hydrogen-bond donors (Lipinski definition) is 1. The molecule has 0 bridgehead atoms. The van der Waals surface area contributed by atoms with Crippen LogP contribution in [-0.2, 0) is 0 Å². The Bertz CT molecular complexity index is 791. The molecule has 0 aliphatic carbocycles. The predicted molar refractivity (Wildman–Crippen MR) is 81.2 cm³/mol. The zero-order valence-electron chi connectivity index (χ0n) is 11.9. The summed E-state index contributed by atoms with van der Waals surface area (Å²) in [5.74, 6) is 0.620. The number of halogens is 1. The number of nitrogens with zero attached hydrogens (tertiary/aromatic N) is 1. The maximum absolute atomic E-state index is 13.1. The third-order valence-corrected chi connectivity index (χ3v) is 3.48. The minimum absolute atomic E-state index is 0.290. The van der Waals surface area contributed by atoms with E-state index in [0.717, 1.165) is 16.7 Å². The van der Waals surface area contributed by atoms with Crippen molar-refractivity contribution < 1.29 is 8.91 Å². The minimum Gasteiger partial charge on any atom is -0.380 e. The van der Waals surface area contributed by atoms with Gasteiger partial charge in [0.25, 0.3) is 0 Å². The van der Waals surface area contributed by atoms with Crippen LogP contribution in [0.2, 0.25) is 0 Å². The summed E-state index contributed by atoms with van der Waals surface area (Å²) in [4.78, 5) is 0. The Balaban J connectivity index is 2.19. The van der Waals surface area contributed by atoms with Crippen LogP contribution in [-0.4, -0.2) is 5.16 Å². The van der Waals surface area contributed by atoms with Crippen LogP contribution in [0.25, 0.3) is 22.5 Å². The van der Waals surface area contributed by atoms with Gasteiger partial charge in [0.15, 0.2) is 11.6 Å². The Labute approximate surface area is 122 Å². The van der Waals surface area contributed by atoms with Gasteiger partial charge in [0.05, 0.1) is 5.56 Å². The van der Waals surface area contributed by atoms with Gasteiger partial charge in [0.2, 0.25) is 0 Å². The van der Waals surface area contributed by atoms with Crippen molar-refractivity contribution in [3.05, 3.63) is 59.4 Å². The number of nitrogen functional groups attached to an aromatic ring is 1. The van der Waals surface area contributed by atoms with Crippen molar-refractivity contribution in [3.63, 3.8) is 0 Å².